The van der Waals surface area contributed by atoms with E-state index in [1.54, 1.807) is 7.11 Å². The number of nitrogens with zero attached hydrogens (tertiary/aromatic N) is 2. The first-order chi connectivity index (χ1) is 9.15. The quantitative estimate of drug-likeness (QED) is 0.757. The molecule has 0 aliphatic carbocycles. The molecule has 0 amide bonds. The fraction of sp³-hybridized carbons (Fsp3) is 0.333. The molecule has 0 saturated heterocycles. The van der Waals surface area contributed by atoms with Gasteiger partial charge in [-0.05, 0) is 41.6 Å². The second kappa shape index (κ2) is 6.83. The molecule has 1 N–H and O–H groups in total. The largest absolute Gasteiger partial charge is 0.378 e. The predicted molar refractivity (Wildman–Crippen MR) is 87.9 cm³/mol. The van der Waals surface area contributed by atoms with Crippen molar-refractivity contribution in [3.05, 3.63) is 25.7 Å². The number of rotatable bonds is 5. The van der Waals surface area contributed by atoms with Crippen molar-refractivity contribution in [2.24, 2.45) is 0 Å². The molecule has 0 radical (unpaired) electrons. The molecule has 2 aromatic rings. The summed E-state index contributed by atoms with van der Waals surface area (Å²) in [5, 5.41) is 3.25. The van der Waals surface area contributed by atoms with Gasteiger partial charge < -0.3 is 10.1 Å². The molecular weight excluding hydrogens is 397 g/mol. The van der Waals surface area contributed by atoms with Crippen LogP contribution in [0.5, 0.6) is 0 Å². The van der Waals surface area contributed by atoms with E-state index in [1.165, 1.54) is 11.3 Å². The lowest BCUT2D eigenvalue weighted by atomic mass is 10.3. The van der Waals surface area contributed by atoms with Crippen LogP contribution in [0.2, 0.25) is 4.34 Å². The van der Waals surface area contributed by atoms with Gasteiger partial charge in [-0.1, -0.05) is 11.6 Å². The fourth-order valence-electron chi connectivity index (χ4n) is 1.56. The predicted octanol–water partition coefficient (Wildman–Crippen LogP) is 4.04. The minimum absolute atomic E-state index is 0.464. The number of hydrogen-bond donors (Lipinski definition) is 1. The first-order valence-corrected chi connectivity index (χ1v) is 7.98. The number of hydrogen-bond acceptors (Lipinski definition) is 5. The summed E-state index contributed by atoms with van der Waals surface area (Å²) in [6.07, 6.45) is 0. The van der Waals surface area contributed by atoms with Gasteiger partial charge in [-0.3, -0.25) is 0 Å². The summed E-state index contributed by atoms with van der Waals surface area (Å²) in [7, 11) is 1.66. The van der Waals surface area contributed by atoms with Crippen molar-refractivity contribution in [3.63, 3.8) is 0 Å². The van der Waals surface area contributed by atoms with Crippen LogP contribution in [-0.2, 0) is 11.3 Å². The number of aromatic nitrogens is 2. The number of thiophene rings is 1. The Labute approximate surface area is 134 Å². The van der Waals surface area contributed by atoms with Gasteiger partial charge in [0, 0.05) is 13.7 Å². The lowest BCUT2D eigenvalue weighted by molar-refractivity contribution is 0.181. The van der Waals surface area contributed by atoms with Crippen LogP contribution in [-0.4, -0.2) is 23.6 Å². The fourth-order valence-corrected chi connectivity index (χ4v) is 3.12. The van der Waals surface area contributed by atoms with Gasteiger partial charge in [0.05, 0.1) is 25.1 Å². The number of anilines is 1. The number of ether oxygens (including phenoxy) is 1. The van der Waals surface area contributed by atoms with E-state index in [9.17, 15) is 0 Å². The summed E-state index contributed by atoms with van der Waals surface area (Å²) in [6, 6.07) is 3.79. The maximum absolute atomic E-state index is 5.96. The molecule has 0 bridgehead atoms. The molecule has 0 saturated carbocycles. The van der Waals surface area contributed by atoms with Gasteiger partial charge in [-0.2, -0.15) is 0 Å². The van der Waals surface area contributed by atoms with Crippen LogP contribution in [0.4, 0.5) is 5.82 Å². The van der Waals surface area contributed by atoms with Crippen LogP contribution < -0.4 is 5.32 Å². The molecule has 19 heavy (non-hydrogen) atoms. The van der Waals surface area contributed by atoms with Crippen molar-refractivity contribution >= 4 is 51.3 Å². The van der Waals surface area contributed by atoms with Crippen molar-refractivity contribution in [2.75, 3.05) is 19.0 Å². The highest BCUT2D eigenvalue weighted by Gasteiger charge is 2.14. The van der Waals surface area contributed by atoms with E-state index in [-0.39, 0.29) is 0 Å². The average molecular weight is 410 g/mol. The lowest BCUT2D eigenvalue weighted by Gasteiger charge is -2.11. The molecule has 2 rings (SSSR count). The van der Waals surface area contributed by atoms with Crippen molar-refractivity contribution in [1.82, 2.24) is 9.97 Å². The molecule has 0 spiro atoms. The molecule has 0 atom stereocenters. The number of methoxy groups -OCH3 is 1. The third kappa shape index (κ3) is 3.56. The van der Waals surface area contributed by atoms with Gasteiger partial charge >= 0.3 is 0 Å². The topological polar surface area (TPSA) is 47.0 Å². The highest BCUT2D eigenvalue weighted by Crippen LogP contribution is 2.31. The Morgan fingerprint density at radius 1 is 1.42 bits per heavy atom. The first kappa shape index (κ1) is 15.0. The van der Waals surface area contributed by atoms with E-state index in [1.807, 2.05) is 19.1 Å². The van der Waals surface area contributed by atoms with E-state index in [2.05, 4.69) is 37.9 Å². The Morgan fingerprint density at radius 2 is 2.21 bits per heavy atom. The zero-order valence-electron chi connectivity index (χ0n) is 10.5. The smallest absolute Gasteiger partial charge is 0.172 e. The van der Waals surface area contributed by atoms with Crippen LogP contribution in [0.3, 0.4) is 0 Å². The normalized spacial score (nSPS) is 10.7. The monoisotopic (exact) mass is 409 g/mol. The third-order valence-corrected chi connectivity index (χ3v) is 4.70. The SMILES string of the molecule is CCNc1nc(-c2ccc(Cl)s2)nc(COC)c1I. The van der Waals surface area contributed by atoms with E-state index in [0.29, 0.717) is 12.4 Å². The van der Waals surface area contributed by atoms with Crippen molar-refractivity contribution < 1.29 is 4.74 Å². The van der Waals surface area contributed by atoms with Crippen LogP contribution in [0, 0.1) is 3.57 Å². The standard InChI is InChI=1S/C12H13ClIN3OS/c1-3-15-12-10(14)7(6-18-2)16-11(17-12)8-4-5-9(13)19-8/h4-5H,3,6H2,1-2H3,(H,15,16,17). The summed E-state index contributed by atoms with van der Waals surface area (Å²) in [4.78, 5) is 10.1. The summed E-state index contributed by atoms with van der Waals surface area (Å²) in [5.41, 5.74) is 0.883. The van der Waals surface area contributed by atoms with Gasteiger partial charge in [0.15, 0.2) is 5.82 Å². The number of nitrogens with one attached hydrogen (secondary N) is 1. The Morgan fingerprint density at radius 3 is 2.79 bits per heavy atom. The van der Waals surface area contributed by atoms with Crippen molar-refractivity contribution in [2.45, 2.75) is 13.5 Å². The maximum atomic E-state index is 5.96. The molecule has 0 aliphatic heterocycles. The summed E-state index contributed by atoms with van der Waals surface area (Å²) >= 11 is 9.67. The molecule has 102 valence electrons. The van der Waals surface area contributed by atoms with Gasteiger partial charge in [0.2, 0.25) is 0 Å². The highest BCUT2D eigenvalue weighted by molar-refractivity contribution is 14.1. The van der Waals surface area contributed by atoms with Crippen LogP contribution in [0.1, 0.15) is 12.6 Å². The van der Waals surface area contributed by atoms with Gasteiger partial charge in [0.25, 0.3) is 0 Å². The Balaban J connectivity index is 2.48. The van der Waals surface area contributed by atoms with E-state index >= 15 is 0 Å². The minimum Gasteiger partial charge on any atom is -0.378 e. The van der Waals surface area contributed by atoms with Gasteiger partial charge in [0.1, 0.15) is 5.82 Å². The second-order valence-electron chi connectivity index (χ2n) is 3.72. The lowest BCUT2D eigenvalue weighted by Crippen LogP contribution is -2.08. The van der Waals surface area contributed by atoms with Crippen LogP contribution in [0.15, 0.2) is 12.1 Å². The summed E-state index contributed by atoms with van der Waals surface area (Å²) in [6.45, 7) is 3.31. The highest BCUT2D eigenvalue weighted by atomic mass is 127. The Bertz CT molecular complexity index is 549. The Kier molecular flexibility index (Phi) is 5.37. The molecule has 2 aromatic heterocycles. The van der Waals surface area contributed by atoms with E-state index in [4.69, 9.17) is 16.3 Å². The molecule has 0 aromatic carbocycles. The minimum atomic E-state index is 0.464. The number of halogens is 2. The van der Waals surface area contributed by atoms with Gasteiger partial charge in [-0.15, -0.1) is 11.3 Å². The van der Waals surface area contributed by atoms with Gasteiger partial charge in [-0.25, -0.2) is 9.97 Å². The maximum Gasteiger partial charge on any atom is 0.172 e. The molecule has 0 unspecified atom stereocenters. The first-order valence-electron chi connectivity index (χ1n) is 5.70. The zero-order valence-corrected chi connectivity index (χ0v) is 14.3. The molecule has 4 nitrogen and oxygen atoms in total. The van der Waals surface area contributed by atoms with Crippen molar-refractivity contribution in [1.29, 1.82) is 0 Å². The molecule has 7 heteroatoms. The second-order valence-corrected chi connectivity index (χ2v) is 6.52. The van der Waals surface area contributed by atoms with Crippen LogP contribution >= 0.6 is 45.5 Å². The molecular formula is C12H13ClIN3OS. The van der Waals surface area contributed by atoms with Crippen LogP contribution in [0.25, 0.3) is 10.7 Å². The zero-order chi connectivity index (χ0) is 13.8. The average Bonchev–Trinajstić information content (AvgIpc) is 2.81. The van der Waals surface area contributed by atoms with E-state index < -0.39 is 0 Å². The third-order valence-electron chi connectivity index (χ3n) is 2.34. The van der Waals surface area contributed by atoms with Crippen molar-refractivity contribution in [3.8, 4) is 10.7 Å². The summed E-state index contributed by atoms with van der Waals surface area (Å²) in [5.74, 6) is 1.52. The molecule has 0 fully saturated rings. The van der Waals surface area contributed by atoms with E-state index in [0.717, 1.165) is 30.8 Å². The molecule has 0 aliphatic rings. The summed E-state index contributed by atoms with van der Waals surface area (Å²) < 4.78 is 6.92. The molecule has 2 heterocycles. The Hall–Kier alpha value is -0.440.